The molecule has 11 nitrogen and oxygen atoms in total. The minimum atomic E-state index is -1.10. The molecule has 0 spiro atoms. The van der Waals surface area contributed by atoms with Crippen LogP contribution in [0.4, 0.5) is 5.82 Å². The zero-order chi connectivity index (χ0) is 27.6. The van der Waals surface area contributed by atoms with Gasteiger partial charge in [-0.3, -0.25) is 4.57 Å². The smallest absolute Gasteiger partial charge is 0.167 e. The highest BCUT2D eigenvalue weighted by Gasteiger charge is 2.45. The van der Waals surface area contributed by atoms with E-state index in [1.807, 2.05) is 0 Å². The minimum absolute atomic E-state index is 0.264. The highest BCUT2D eigenvalue weighted by Crippen LogP contribution is 2.43. The number of aliphatic hydroxyl groups excluding tert-OH is 2. The number of hydrogen-bond acceptors (Lipinski definition) is 9. The Morgan fingerprint density at radius 3 is 2.77 bits per heavy atom. The summed E-state index contributed by atoms with van der Waals surface area (Å²) in [6.07, 6.45) is 7.59. The maximum atomic E-state index is 10.8. The first-order chi connectivity index (χ1) is 19.3. The van der Waals surface area contributed by atoms with Crippen LogP contribution in [-0.2, 0) is 16.6 Å². The molecule has 3 aliphatic rings. The minimum Gasteiger partial charge on any atom is -0.387 e. The predicted molar refractivity (Wildman–Crippen MR) is 150 cm³/mol. The van der Waals surface area contributed by atoms with E-state index in [9.17, 15) is 10.2 Å². The van der Waals surface area contributed by atoms with Crippen LogP contribution in [-0.4, -0.2) is 82.5 Å². The molecule has 1 aliphatic heterocycles. The van der Waals surface area contributed by atoms with E-state index in [2.05, 4.69) is 57.0 Å². The largest absolute Gasteiger partial charge is 0.387 e. The molecule has 7 rings (SSSR count). The predicted octanol–water partition coefficient (Wildman–Crippen LogP) is 2.69. The van der Waals surface area contributed by atoms with E-state index in [0.29, 0.717) is 35.1 Å². The lowest BCUT2D eigenvalue weighted by molar-refractivity contribution is -0.0514. The standard InChI is InChI=1S/C29H38N8O3/c1-29(8-3-9-29)17-5-6-19-20(12-17)35-22(34-19)7-4-16-10-18(11-16)36(2)13-21-24(38)25(39)28(40-21)37-15-33-23-26(30)31-14-32-27(23)37/h5-6,12,14-16,18,21,24-25,28,38-39H,3-4,7-11,13H2,1-2H3,(H,34,35)(H2,30,31,32). The van der Waals surface area contributed by atoms with Crippen molar-refractivity contribution in [2.75, 3.05) is 19.3 Å². The van der Waals surface area contributed by atoms with Crippen molar-refractivity contribution < 1.29 is 14.9 Å². The number of H-pyrrole nitrogens is 1. The lowest BCUT2D eigenvalue weighted by atomic mass is 9.66. The number of nitrogen functional groups attached to an aromatic ring is 1. The number of likely N-dealkylation sites (N-methyl/N-ethyl adjacent to an activating group) is 1. The summed E-state index contributed by atoms with van der Waals surface area (Å²) in [5.74, 6) is 1.99. The molecule has 4 heterocycles. The third-order valence-corrected chi connectivity index (χ3v) is 9.77. The quantitative estimate of drug-likeness (QED) is 0.261. The van der Waals surface area contributed by atoms with Crippen LogP contribution in [0.5, 0.6) is 0 Å². The molecule has 5 N–H and O–H groups in total. The molecule has 2 saturated carbocycles. The van der Waals surface area contributed by atoms with Crippen molar-refractivity contribution in [2.45, 2.75) is 87.9 Å². The van der Waals surface area contributed by atoms with Crippen LogP contribution in [0.2, 0.25) is 0 Å². The molecule has 3 aromatic heterocycles. The molecule has 0 bridgehead atoms. The van der Waals surface area contributed by atoms with Crippen molar-refractivity contribution >= 4 is 28.0 Å². The van der Waals surface area contributed by atoms with E-state index in [0.717, 1.165) is 42.5 Å². The number of ether oxygens (including phenoxy) is 1. The number of nitrogens with zero attached hydrogens (tertiary/aromatic N) is 6. The SMILES string of the molecule is CN(CC1OC(n2cnc3c(N)ncnc32)C(O)C1O)C1CC(CCc2nc3ccc(C4(C)CCC4)cc3[nH]2)C1. The van der Waals surface area contributed by atoms with Crippen LogP contribution in [0.1, 0.15) is 63.1 Å². The van der Waals surface area contributed by atoms with Crippen molar-refractivity contribution in [2.24, 2.45) is 5.92 Å². The fourth-order valence-electron chi connectivity index (χ4n) is 6.79. The highest BCUT2D eigenvalue weighted by molar-refractivity contribution is 5.81. The number of fused-ring (bicyclic) bond motifs is 2. The number of aromatic amines is 1. The topological polar surface area (TPSA) is 151 Å². The Kier molecular flexibility index (Phi) is 6.30. The van der Waals surface area contributed by atoms with Crippen LogP contribution in [0.25, 0.3) is 22.2 Å². The van der Waals surface area contributed by atoms with E-state index in [-0.39, 0.29) is 5.82 Å². The third kappa shape index (κ3) is 4.36. The first kappa shape index (κ1) is 25.8. The van der Waals surface area contributed by atoms with Gasteiger partial charge >= 0.3 is 0 Å². The number of benzene rings is 1. The Morgan fingerprint density at radius 2 is 2.00 bits per heavy atom. The fourth-order valence-corrected chi connectivity index (χ4v) is 6.79. The van der Waals surface area contributed by atoms with Crippen molar-refractivity contribution in [1.29, 1.82) is 0 Å². The lowest BCUT2D eigenvalue weighted by Crippen LogP contribution is -2.47. The van der Waals surface area contributed by atoms with Gasteiger partial charge in [0.2, 0.25) is 0 Å². The van der Waals surface area contributed by atoms with E-state index in [1.54, 1.807) is 4.57 Å². The monoisotopic (exact) mass is 546 g/mol. The number of aryl methyl sites for hydroxylation is 1. The number of nitrogens with one attached hydrogen (secondary N) is 1. The molecule has 4 unspecified atom stereocenters. The summed E-state index contributed by atoms with van der Waals surface area (Å²) in [4.78, 5) is 23.1. The molecule has 11 heteroatoms. The Morgan fingerprint density at radius 1 is 1.18 bits per heavy atom. The first-order valence-electron chi connectivity index (χ1n) is 14.4. The summed E-state index contributed by atoms with van der Waals surface area (Å²) >= 11 is 0. The molecule has 4 aromatic rings. The molecule has 40 heavy (non-hydrogen) atoms. The van der Waals surface area contributed by atoms with Gasteiger partial charge in [0, 0.05) is 19.0 Å². The molecular weight excluding hydrogens is 508 g/mol. The molecule has 3 fully saturated rings. The van der Waals surface area contributed by atoms with Gasteiger partial charge in [-0.15, -0.1) is 0 Å². The highest BCUT2D eigenvalue weighted by atomic mass is 16.6. The van der Waals surface area contributed by atoms with Gasteiger partial charge in [0.15, 0.2) is 17.7 Å². The van der Waals surface area contributed by atoms with Crippen LogP contribution >= 0.6 is 0 Å². The molecule has 212 valence electrons. The average Bonchev–Trinajstić information content (AvgIpc) is 3.58. The summed E-state index contributed by atoms with van der Waals surface area (Å²) in [6.45, 7) is 2.90. The van der Waals surface area contributed by atoms with Gasteiger partial charge in [-0.25, -0.2) is 19.9 Å². The van der Waals surface area contributed by atoms with Crippen LogP contribution in [0.15, 0.2) is 30.9 Å². The van der Waals surface area contributed by atoms with Gasteiger partial charge in [-0.2, -0.15) is 0 Å². The molecule has 4 atom stereocenters. The number of rotatable bonds is 8. The second-order valence-corrected chi connectivity index (χ2v) is 12.4. The number of imidazole rings is 2. The molecule has 1 aromatic carbocycles. The van der Waals surface area contributed by atoms with E-state index < -0.39 is 24.5 Å². The summed E-state index contributed by atoms with van der Waals surface area (Å²) in [6, 6.07) is 7.16. The Labute approximate surface area is 232 Å². The Hall–Kier alpha value is -3.12. The number of aromatic nitrogens is 6. The summed E-state index contributed by atoms with van der Waals surface area (Å²) in [5, 5.41) is 21.5. The Bertz CT molecular complexity index is 1520. The van der Waals surface area contributed by atoms with E-state index in [1.165, 1.54) is 37.5 Å². The lowest BCUT2D eigenvalue weighted by Gasteiger charge is -2.42. The number of anilines is 1. The average molecular weight is 547 g/mol. The number of aliphatic hydroxyl groups is 2. The molecule has 0 amide bonds. The van der Waals surface area contributed by atoms with Gasteiger partial charge in [-0.05, 0) is 68.2 Å². The summed E-state index contributed by atoms with van der Waals surface area (Å²) < 4.78 is 7.75. The maximum absolute atomic E-state index is 10.8. The van der Waals surface area contributed by atoms with Crippen LogP contribution in [0.3, 0.4) is 0 Å². The molecule has 1 saturated heterocycles. The van der Waals surface area contributed by atoms with Gasteiger partial charge in [0.1, 0.15) is 36.0 Å². The fraction of sp³-hybridized carbons (Fsp3) is 0.586. The zero-order valence-corrected chi connectivity index (χ0v) is 23.1. The zero-order valence-electron chi connectivity index (χ0n) is 23.1. The molecule has 0 radical (unpaired) electrons. The van der Waals surface area contributed by atoms with Gasteiger partial charge in [0.05, 0.1) is 17.4 Å². The maximum Gasteiger partial charge on any atom is 0.167 e. The third-order valence-electron chi connectivity index (χ3n) is 9.77. The van der Waals surface area contributed by atoms with Crippen LogP contribution in [0, 0.1) is 5.92 Å². The molecule has 2 aliphatic carbocycles. The van der Waals surface area contributed by atoms with Gasteiger partial charge in [0.25, 0.3) is 0 Å². The van der Waals surface area contributed by atoms with Crippen LogP contribution < -0.4 is 5.73 Å². The normalized spacial score (nSPS) is 29.7. The van der Waals surface area contributed by atoms with Crippen molar-refractivity contribution in [1.82, 2.24) is 34.4 Å². The van der Waals surface area contributed by atoms with E-state index >= 15 is 0 Å². The second-order valence-electron chi connectivity index (χ2n) is 12.4. The first-order valence-corrected chi connectivity index (χ1v) is 14.4. The van der Waals surface area contributed by atoms with Crippen molar-refractivity contribution in [3.05, 3.63) is 42.2 Å². The van der Waals surface area contributed by atoms with Crippen molar-refractivity contribution in [3.63, 3.8) is 0 Å². The summed E-state index contributed by atoms with van der Waals surface area (Å²) in [5.41, 5.74) is 10.8. The van der Waals surface area contributed by atoms with Crippen molar-refractivity contribution in [3.8, 4) is 0 Å². The van der Waals surface area contributed by atoms with Gasteiger partial charge < -0.3 is 30.6 Å². The second kappa shape index (κ2) is 9.76. The molecular formula is C29H38N8O3. The Balaban J connectivity index is 0.917. The number of hydrogen-bond donors (Lipinski definition) is 4. The van der Waals surface area contributed by atoms with Gasteiger partial charge in [-0.1, -0.05) is 19.4 Å². The summed E-state index contributed by atoms with van der Waals surface area (Å²) in [7, 11) is 2.07. The number of nitrogens with two attached hydrogens (primary N) is 1. The van der Waals surface area contributed by atoms with E-state index in [4.69, 9.17) is 15.5 Å².